The molecule has 2 atom stereocenters. The van der Waals surface area contributed by atoms with Gasteiger partial charge in [0.05, 0.1) is 11.6 Å². The van der Waals surface area contributed by atoms with E-state index < -0.39 is 17.4 Å². The van der Waals surface area contributed by atoms with E-state index in [9.17, 15) is 19.2 Å². The molecule has 2 amide bonds. The molecule has 2 unspecified atom stereocenters. The monoisotopic (exact) mass is 379 g/mol. The van der Waals surface area contributed by atoms with Gasteiger partial charge >= 0.3 is 0 Å². The zero-order chi connectivity index (χ0) is 20.3. The summed E-state index contributed by atoms with van der Waals surface area (Å²) in [6, 6.07) is 14.8. The number of rotatable bonds is 5. The maximum Gasteiger partial charge on any atom is 0.249 e. The molecule has 1 fully saturated rings. The van der Waals surface area contributed by atoms with Crippen LogP contribution in [-0.2, 0) is 22.4 Å². The second-order valence-electron chi connectivity index (χ2n) is 7.10. The van der Waals surface area contributed by atoms with Gasteiger partial charge in [-0.2, -0.15) is 5.26 Å². The predicted molar refractivity (Wildman–Crippen MR) is 103 cm³/mol. The number of piperazine rings is 1. The van der Waals surface area contributed by atoms with Crippen molar-refractivity contribution in [3.8, 4) is 6.07 Å². The van der Waals surface area contributed by atoms with Crippen LogP contribution in [0.4, 0.5) is 4.39 Å². The number of nitriles is 1. The van der Waals surface area contributed by atoms with Crippen LogP contribution < -0.4 is 5.32 Å². The minimum atomic E-state index is -1.03. The lowest BCUT2D eigenvalue weighted by Crippen LogP contribution is -2.70. The van der Waals surface area contributed by atoms with Crippen molar-refractivity contribution in [3.63, 3.8) is 0 Å². The summed E-state index contributed by atoms with van der Waals surface area (Å²) in [7, 11) is 1.56. The summed E-state index contributed by atoms with van der Waals surface area (Å²) in [5, 5.41) is 12.1. The fourth-order valence-corrected chi connectivity index (χ4v) is 3.75. The Morgan fingerprint density at radius 3 is 2.54 bits per heavy atom. The van der Waals surface area contributed by atoms with Crippen molar-refractivity contribution >= 4 is 11.8 Å². The molecule has 1 aliphatic heterocycles. The SMILES string of the molecule is CCC1(Cc2ccccc2)NC(=O)C(Cc2c(F)cccc2C#N)N(C)C1=O. The van der Waals surface area contributed by atoms with Gasteiger partial charge in [-0.3, -0.25) is 9.59 Å². The number of carbonyl (C=O) groups is 2. The van der Waals surface area contributed by atoms with Crippen molar-refractivity contribution in [3.05, 3.63) is 71.0 Å². The highest BCUT2D eigenvalue weighted by Gasteiger charge is 2.48. The first-order valence-electron chi connectivity index (χ1n) is 9.22. The quantitative estimate of drug-likeness (QED) is 0.868. The van der Waals surface area contributed by atoms with Crippen LogP contribution in [0.2, 0.25) is 0 Å². The second kappa shape index (κ2) is 7.81. The molecular formula is C22H22FN3O2. The van der Waals surface area contributed by atoms with Crippen LogP contribution in [0, 0.1) is 17.1 Å². The van der Waals surface area contributed by atoms with Crippen LogP contribution in [-0.4, -0.2) is 35.3 Å². The number of carbonyl (C=O) groups excluding carboxylic acids is 2. The first-order valence-corrected chi connectivity index (χ1v) is 9.22. The molecule has 144 valence electrons. The lowest BCUT2D eigenvalue weighted by atomic mass is 9.83. The zero-order valence-electron chi connectivity index (χ0n) is 15.9. The Hall–Kier alpha value is -3.20. The molecule has 0 spiro atoms. The molecule has 1 heterocycles. The maximum atomic E-state index is 14.3. The van der Waals surface area contributed by atoms with E-state index in [4.69, 9.17) is 0 Å². The molecule has 0 bridgehead atoms. The Morgan fingerprint density at radius 2 is 1.89 bits per heavy atom. The predicted octanol–water partition coefficient (Wildman–Crippen LogP) is 2.59. The van der Waals surface area contributed by atoms with Gasteiger partial charge in [0.1, 0.15) is 17.4 Å². The average molecular weight is 379 g/mol. The first kappa shape index (κ1) is 19.6. The van der Waals surface area contributed by atoms with E-state index in [0.717, 1.165) is 5.56 Å². The molecular weight excluding hydrogens is 357 g/mol. The molecule has 28 heavy (non-hydrogen) atoms. The highest BCUT2D eigenvalue weighted by atomic mass is 19.1. The highest BCUT2D eigenvalue weighted by Crippen LogP contribution is 2.27. The van der Waals surface area contributed by atoms with Gasteiger partial charge in [-0.15, -0.1) is 0 Å². The summed E-state index contributed by atoms with van der Waals surface area (Å²) < 4.78 is 14.3. The van der Waals surface area contributed by atoms with Crippen molar-refractivity contribution < 1.29 is 14.0 Å². The van der Waals surface area contributed by atoms with E-state index in [1.165, 1.54) is 23.1 Å². The summed E-state index contributed by atoms with van der Waals surface area (Å²) in [6.45, 7) is 1.86. The highest BCUT2D eigenvalue weighted by molar-refractivity contribution is 6.00. The molecule has 6 heteroatoms. The Morgan fingerprint density at radius 1 is 1.18 bits per heavy atom. The van der Waals surface area contributed by atoms with E-state index in [1.807, 2.05) is 43.3 Å². The average Bonchev–Trinajstić information content (AvgIpc) is 2.70. The summed E-state index contributed by atoms with van der Waals surface area (Å²) in [4.78, 5) is 27.5. The van der Waals surface area contributed by atoms with Gasteiger partial charge in [-0.1, -0.05) is 43.3 Å². The Labute approximate surface area is 163 Å². The van der Waals surface area contributed by atoms with E-state index in [1.54, 1.807) is 7.05 Å². The lowest BCUT2D eigenvalue weighted by Gasteiger charge is -2.44. The molecule has 0 aliphatic carbocycles. The topological polar surface area (TPSA) is 73.2 Å². The van der Waals surface area contributed by atoms with Crippen LogP contribution in [0.25, 0.3) is 0 Å². The van der Waals surface area contributed by atoms with Gasteiger partial charge < -0.3 is 10.2 Å². The number of amides is 2. The Balaban J connectivity index is 1.89. The minimum Gasteiger partial charge on any atom is -0.340 e. The van der Waals surface area contributed by atoms with Crippen LogP contribution in [0.5, 0.6) is 0 Å². The van der Waals surface area contributed by atoms with Crippen molar-refractivity contribution in [2.45, 2.75) is 37.8 Å². The van der Waals surface area contributed by atoms with Gasteiger partial charge in [0, 0.05) is 25.5 Å². The van der Waals surface area contributed by atoms with E-state index in [2.05, 4.69) is 5.32 Å². The van der Waals surface area contributed by atoms with Crippen LogP contribution >= 0.6 is 0 Å². The fourth-order valence-electron chi connectivity index (χ4n) is 3.75. The van der Waals surface area contributed by atoms with Crippen molar-refractivity contribution in [2.24, 2.45) is 0 Å². The van der Waals surface area contributed by atoms with Gasteiger partial charge in [0.25, 0.3) is 0 Å². The van der Waals surface area contributed by atoms with E-state index in [-0.39, 0.29) is 29.4 Å². The summed E-state index contributed by atoms with van der Waals surface area (Å²) in [5.74, 6) is -1.10. The Bertz CT molecular complexity index is 939. The largest absolute Gasteiger partial charge is 0.340 e. The molecule has 3 rings (SSSR count). The number of benzene rings is 2. The number of halogens is 1. The van der Waals surface area contributed by atoms with Gasteiger partial charge in [0.2, 0.25) is 11.8 Å². The molecule has 2 aromatic rings. The van der Waals surface area contributed by atoms with Crippen molar-refractivity contribution in [1.29, 1.82) is 5.26 Å². The van der Waals surface area contributed by atoms with E-state index in [0.29, 0.717) is 12.8 Å². The van der Waals surface area contributed by atoms with Gasteiger partial charge in [-0.25, -0.2) is 4.39 Å². The number of nitrogens with one attached hydrogen (secondary N) is 1. The van der Waals surface area contributed by atoms with Crippen molar-refractivity contribution in [2.75, 3.05) is 7.05 Å². The molecule has 0 saturated carbocycles. The fraction of sp³-hybridized carbons (Fsp3) is 0.318. The summed E-state index contributed by atoms with van der Waals surface area (Å²) in [5.41, 5.74) is 0.240. The number of nitrogens with zero attached hydrogens (tertiary/aromatic N) is 2. The molecule has 1 N–H and O–H groups in total. The summed E-state index contributed by atoms with van der Waals surface area (Å²) in [6.07, 6.45) is 0.774. The molecule has 0 radical (unpaired) electrons. The third-order valence-electron chi connectivity index (χ3n) is 5.45. The smallest absolute Gasteiger partial charge is 0.249 e. The number of hydrogen-bond donors (Lipinski definition) is 1. The maximum absolute atomic E-state index is 14.3. The van der Waals surface area contributed by atoms with Gasteiger partial charge in [-0.05, 0) is 24.1 Å². The first-order chi connectivity index (χ1) is 13.4. The van der Waals surface area contributed by atoms with E-state index >= 15 is 0 Å². The zero-order valence-corrected chi connectivity index (χ0v) is 15.9. The lowest BCUT2D eigenvalue weighted by molar-refractivity contribution is -0.153. The minimum absolute atomic E-state index is 0.0469. The second-order valence-corrected chi connectivity index (χ2v) is 7.10. The molecule has 1 aliphatic rings. The Kier molecular flexibility index (Phi) is 5.46. The normalized spacial score (nSPS) is 21.9. The summed E-state index contributed by atoms with van der Waals surface area (Å²) >= 11 is 0. The van der Waals surface area contributed by atoms with Crippen LogP contribution in [0.3, 0.4) is 0 Å². The van der Waals surface area contributed by atoms with Crippen LogP contribution in [0.1, 0.15) is 30.0 Å². The van der Waals surface area contributed by atoms with Gasteiger partial charge in [0.15, 0.2) is 0 Å². The number of likely N-dealkylation sites (N-methyl/N-ethyl adjacent to an activating group) is 1. The van der Waals surface area contributed by atoms with Crippen LogP contribution in [0.15, 0.2) is 48.5 Å². The standard InChI is InChI=1S/C22H22FN3O2/c1-3-22(13-15-8-5-4-6-9-15)21(28)26(2)19(20(27)25-22)12-17-16(14-24)10-7-11-18(17)23/h4-11,19H,3,12-13H2,1-2H3,(H,25,27). The molecule has 0 aromatic heterocycles. The number of hydrogen-bond acceptors (Lipinski definition) is 3. The molecule has 2 aromatic carbocycles. The third-order valence-corrected chi connectivity index (χ3v) is 5.45. The third kappa shape index (κ3) is 3.48. The van der Waals surface area contributed by atoms with Crippen molar-refractivity contribution in [1.82, 2.24) is 10.2 Å². The molecule has 1 saturated heterocycles. The molecule has 5 nitrogen and oxygen atoms in total.